The number of hydrogen-bond donors (Lipinski definition) is 0. The Kier molecular flexibility index (Phi) is 2.54. The number of rotatable bonds is 1. The molecule has 0 fully saturated rings. The fourth-order valence-electron chi connectivity index (χ4n) is 0.717. The van der Waals surface area contributed by atoms with Crippen LogP contribution < -0.4 is 0 Å². The van der Waals surface area contributed by atoms with Gasteiger partial charge in [0.15, 0.2) is 0 Å². The first-order valence-corrected chi connectivity index (χ1v) is 3.85. The minimum atomic E-state index is -1.32. The molecule has 1 aromatic rings. The Morgan fingerprint density at radius 2 is 2.27 bits per heavy atom. The largest absolute Gasteiger partial charge is 0.242 e. The molecule has 0 aromatic carbocycles. The van der Waals surface area contributed by atoms with Crippen molar-refractivity contribution in [3.05, 3.63) is 28.2 Å². The van der Waals surface area contributed by atoms with Crippen LogP contribution in [-0.4, -0.2) is 4.98 Å². The maximum Gasteiger partial charge on any atom is 0.219 e. The highest BCUT2D eigenvalue weighted by Gasteiger charge is 2.10. The molecule has 0 saturated carbocycles. The summed E-state index contributed by atoms with van der Waals surface area (Å²) in [4.78, 5) is 3.35. The predicted molar refractivity (Wildman–Crippen MR) is 41.4 cm³/mol. The predicted octanol–water partition coefficient (Wildman–Crippen LogP) is 3.01. The molecule has 1 unspecified atom stereocenters. The van der Waals surface area contributed by atoms with Gasteiger partial charge in [-0.05, 0) is 28.9 Å². The molecule has 0 radical (unpaired) electrons. The third kappa shape index (κ3) is 1.96. The quantitative estimate of drug-likeness (QED) is 0.665. The molecule has 1 heterocycles. The third-order valence-corrected chi connectivity index (χ3v) is 1.70. The minimum Gasteiger partial charge on any atom is -0.242 e. The SMILES string of the molecule is CC(F)c1cc(Br)cnc1F. The van der Waals surface area contributed by atoms with Gasteiger partial charge in [0.2, 0.25) is 5.95 Å². The molecule has 0 saturated heterocycles. The monoisotopic (exact) mass is 221 g/mol. The second kappa shape index (κ2) is 3.26. The highest BCUT2D eigenvalue weighted by molar-refractivity contribution is 9.10. The smallest absolute Gasteiger partial charge is 0.219 e. The third-order valence-electron chi connectivity index (χ3n) is 1.26. The van der Waals surface area contributed by atoms with Crippen molar-refractivity contribution in [1.29, 1.82) is 0 Å². The van der Waals surface area contributed by atoms with Crippen LogP contribution in [0.25, 0.3) is 0 Å². The summed E-state index contributed by atoms with van der Waals surface area (Å²) in [7, 11) is 0. The Morgan fingerprint density at radius 3 is 2.73 bits per heavy atom. The van der Waals surface area contributed by atoms with Crippen LogP contribution in [0.4, 0.5) is 8.78 Å². The summed E-state index contributed by atoms with van der Waals surface area (Å²) in [5.74, 6) is -0.747. The maximum absolute atomic E-state index is 12.6. The van der Waals surface area contributed by atoms with Crippen molar-refractivity contribution in [2.24, 2.45) is 0 Å². The van der Waals surface area contributed by atoms with E-state index in [1.807, 2.05) is 0 Å². The van der Waals surface area contributed by atoms with E-state index in [2.05, 4.69) is 20.9 Å². The van der Waals surface area contributed by atoms with Gasteiger partial charge in [-0.15, -0.1) is 0 Å². The van der Waals surface area contributed by atoms with E-state index in [9.17, 15) is 8.78 Å². The van der Waals surface area contributed by atoms with Crippen LogP contribution in [0.3, 0.4) is 0 Å². The van der Waals surface area contributed by atoms with E-state index >= 15 is 0 Å². The van der Waals surface area contributed by atoms with Gasteiger partial charge in [-0.1, -0.05) is 0 Å². The molecule has 60 valence electrons. The van der Waals surface area contributed by atoms with E-state index in [4.69, 9.17) is 0 Å². The summed E-state index contributed by atoms with van der Waals surface area (Å²) in [6.45, 7) is 1.27. The van der Waals surface area contributed by atoms with Gasteiger partial charge < -0.3 is 0 Å². The number of pyridine rings is 1. The van der Waals surface area contributed by atoms with Gasteiger partial charge in [0.1, 0.15) is 6.17 Å². The Labute approximate surface area is 71.6 Å². The molecule has 4 heteroatoms. The van der Waals surface area contributed by atoms with Crippen molar-refractivity contribution in [1.82, 2.24) is 4.98 Å². The summed E-state index contributed by atoms with van der Waals surface area (Å²) in [6.07, 6.45) is -0.0266. The Bertz CT molecular complexity index is 263. The van der Waals surface area contributed by atoms with Gasteiger partial charge in [-0.3, -0.25) is 0 Å². The normalized spacial score (nSPS) is 13.1. The standard InChI is InChI=1S/C7H6BrF2N/c1-4(9)6-2-5(8)3-11-7(6)10/h2-4H,1H3. The van der Waals surface area contributed by atoms with Crippen molar-refractivity contribution < 1.29 is 8.78 Å². The second-order valence-corrected chi connectivity index (χ2v) is 3.07. The lowest BCUT2D eigenvalue weighted by Crippen LogP contribution is -1.94. The molecule has 1 rings (SSSR count). The van der Waals surface area contributed by atoms with Crippen LogP contribution in [0.2, 0.25) is 0 Å². The lowest BCUT2D eigenvalue weighted by Gasteiger charge is -2.02. The van der Waals surface area contributed by atoms with Crippen LogP contribution in [0, 0.1) is 5.95 Å². The van der Waals surface area contributed by atoms with Crippen LogP contribution in [0.1, 0.15) is 18.7 Å². The molecule has 0 aliphatic rings. The van der Waals surface area contributed by atoms with Gasteiger partial charge in [-0.25, -0.2) is 9.37 Å². The highest BCUT2D eigenvalue weighted by atomic mass is 79.9. The molecule has 1 aromatic heterocycles. The van der Waals surface area contributed by atoms with Crippen LogP contribution in [0.5, 0.6) is 0 Å². The molecular weight excluding hydrogens is 216 g/mol. The molecule has 11 heavy (non-hydrogen) atoms. The second-order valence-electron chi connectivity index (χ2n) is 2.15. The van der Waals surface area contributed by atoms with Gasteiger partial charge in [-0.2, -0.15) is 4.39 Å². The molecule has 1 atom stereocenters. The average Bonchev–Trinajstić information content (AvgIpc) is 1.94. The topological polar surface area (TPSA) is 12.9 Å². The molecule has 0 spiro atoms. The maximum atomic E-state index is 12.6. The Balaban J connectivity index is 3.13. The number of nitrogens with zero attached hydrogens (tertiary/aromatic N) is 1. The van der Waals surface area contributed by atoms with E-state index in [0.29, 0.717) is 4.47 Å². The zero-order chi connectivity index (χ0) is 8.43. The highest BCUT2D eigenvalue weighted by Crippen LogP contribution is 2.21. The first-order valence-electron chi connectivity index (χ1n) is 3.06. The molecule has 0 N–H and O–H groups in total. The van der Waals surface area contributed by atoms with Gasteiger partial charge in [0, 0.05) is 16.2 Å². The summed E-state index contributed by atoms with van der Waals surface area (Å²) < 4.78 is 25.8. The average molecular weight is 222 g/mol. The number of halogens is 3. The summed E-state index contributed by atoms with van der Waals surface area (Å²) in [5, 5.41) is 0. The lowest BCUT2D eigenvalue weighted by molar-refractivity contribution is 0.357. The number of hydrogen-bond acceptors (Lipinski definition) is 1. The molecule has 0 aliphatic carbocycles. The lowest BCUT2D eigenvalue weighted by atomic mass is 10.2. The van der Waals surface area contributed by atoms with E-state index in [-0.39, 0.29) is 5.56 Å². The fourth-order valence-corrected chi connectivity index (χ4v) is 1.07. The van der Waals surface area contributed by atoms with Crippen LogP contribution in [0.15, 0.2) is 16.7 Å². The molecular formula is C7H6BrF2N. The van der Waals surface area contributed by atoms with Crippen LogP contribution in [-0.2, 0) is 0 Å². The molecule has 0 amide bonds. The summed E-state index contributed by atoms with van der Waals surface area (Å²) in [6, 6.07) is 1.38. The van der Waals surface area contributed by atoms with Gasteiger partial charge in [0.25, 0.3) is 0 Å². The first-order chi connectivity index (χ1) is 5.11. The number of alkyl halides is 1. The van der Waals surface area contributed by atoms with E-state index in [0.717, 1.165) is 0 Å². The van der Waals surface area contributed by atoms with Crippen molar-refractivity contribution >= 4 is 15.9 Å². The Morgan fingerprint density at radius 1 is 1.64 bits per heavy atom. The minimum absolute atomic E-state index is 0.0145. The van der Waals surface area contributed by atoms with E-state index < -0.39 is 12.1 Å². The van der Waals surface area contributed by atoms with Crippen LogP contribution >= 0.6 is 15.9 Å². The van der Waals surface area contributed by atoms with Crippen molar-refractivity contribution in [3.8, 4) is 0 Å². The van der Waals surface area contributed by atoms with Gasteiger partial charge >= 0.3 is 0 Å². The summed E-state index contributed by atoms with van der Waals surface area (Å²) >= 11 is 3.07. The van der Waals surface area contributed by atoms with Gasteiger partial charge in [0.05, 0.1) is 0 Å². The van der Waals surface area contributed by atoms with Crippen molar-refractivity contribution in [3.63, 3.8) is 0 Å². The van der Waals surface area contributed by atoms with E-state index in [1.54, 1.807) is 0 Å². The summed E-state index contributed by atoms with van der Waals surface area (Å²) in [5.41, 5.74) is -0.0145. The molecule has 1 nitrogen and oxygen atoms in total. The zero-order valence-electron chi connectivity index (χ0n) is 5.81. The van der Waals surface area contributed by atoms with Crippen molar-refractivity contribution in [2.75, 3.05) is 0 Å². The first kappa shape index (κ1) is 8.59. The zero-order valence-corrected chi connectivity index (χ0v) is 7.40. The number of aromatic nitrogens is 1. The van der Waals surface area contributed by atoms with Crippen molar-refractivity contribution in [2.45, 2.75) is 13.1 Å². The Hall–Kier alpha value is -0.510. The van der Waals surface area contributed by atoms with E-state index in [1.165, 1.54) is 19.2 Å². The molecule has 0 bridgehead atoms. The molecule has 0 aliphatic heterocycles. The fraction of sp³-hybridized carbons (Fsp3) is 0.286.